The summed E-state index contributed by atoms with van der Waals surface area (Å²) in [6, 6.07) is -3.18. The van der Waals surface area contributed by atoms with E-state index >= 15 is 0 Å². The van der Waals surface area contributed by atoms with Crippen LogP contribution in [0.5, 0.6) is 0 Å². The van der Waals surface area contributed by atoms with Crippen molar-refractivity contribution in [2.75, 3.05) is 0 Å². The van der Waals surface area contributed by atoms with Crippen LogP contribution in [0.15, 0.2) is 0 Å². The fraction of sp³-hybridized carbons (Fsp3) is 0.600. The highest BCUT2D eigenvalue weighted by atomic mass is 16.4. The third-order valence-electron chi connectivity index (χ3n) is 2.96. The maximum absolute atomic E-state index is 9.99. The highest BCUT2D eigenvalue weighted by Crippen LogP contribution is 1.94. The molecule has 0 amide bonds. The van der Waals surface area contributed by atoms with Crippen molar-refractivity contribution < 1.29 is 59.4 Å². The van der Waals surface area contributed by atoms with E-state index in [-0.39, 0.29) is 38.5 Å². The van der Waals surface area contributed by atoms with Gasteiger partial charge >= 0.3 is 35.8 Å². The van der Waals surface area contributed by atoms with Crippen molar-refractivity contribution in [1.82, 2.24) is 0 Å². The highest BCUT2D eigenvalue weighted by Gasteiger charge is 2.13. The fourth-order valence-corrected chi connectivity index (χ4v) is 1.21. The lowest BCUT2D eigenvalue weighted by atomic mass is 10.2. The van der Waals surface area contributed by atoms with Gasteiger partial charge in [-0.25, -0.2) is 0 Å². The molecule has 0 aromatic carbocycles. The van der Waals surface area contributed by atoms with E-state index in [0.29, 0.717) is 0 Å². The Bertz CT molecular complexity index is 515. The van der Waals surface area contributed by atoms with Gasteiger partial charge in [0, 0.05) is 19.3 Å². The molecule has 15 heteroatoms. The fourth-order valence-electron chi connectivity index (χ4n) is 1.21. The molecule has 174 valence electrons. The zero-order chi connectivity index (χ0) is 24.4. The summed E-state index contributed by atoms with van der Waals surface area (Å²) in [5.41, 5.74) is 15.0. The van der Waals surface area contributed by atoms with Gasteiger partial charge < -0.3 is 47.8 Å². The third kappa shape index (κ3) is 24.7. The van der Waals surface area contributed by atoms with E-state index in [1.165, 1.54) is 0 Å². The molecule has 0 fully saturated rings. The topological polar surface area (TPSA) is 302 Å². The van der Waals surface area contributed by atoms with Crippen LogP contribution in [0.4, 0.5) is 0 Å². The molecule has 12 N–H and O–H groups in total. The molecule has 0 aliphatic carbocycles. The number of hydrogen-bond donors (Lipinski definition) is 9. The van der Waals surface area contributed by atoms with Gasteiger partial charge in [-0.3, -0.25) is 28.8 Å². The third-order valence-corrected chi connectivity index (χ3v) is 2.96. The molecule has 0 saturated carbocycles. The summed E-state index contributed by atoms with van der Waals surface area (Å²) in [5.74, 6) is -6.59. The normalized spacial score (nSPS) is 12.5. The maximum atomic E-state index is 9.99. The Morgan fingerprint density at radius 3 is 0.733 bits per heavy atom. The largest absolute Gasteiger partial charge is 0.481 e. The molecule has 0 aromatic rings. The van der Waals surface area contributed by atoms with Crippen molar-refractivity contribution in [3.05, 3.63) is 0 Å². The Kier molecular flexibility index (Phi) is 18.6. The van der Waals surface area contributed by atoms with Gasteiger partial charge in [-0.15, -0.1) is 0 Å². The molecule has 0 unspecified atom stereocenters. The minimum atomic E-state index is -1.17. The predicted octanol–water partition coefficient (Wildman–Crippen LogP) is -2.21. The first kappa shape index (κ1) is 31.4. The number of carboxylic acid groups (broad SMARTS) is 6. The van der Waals surface area contributed by atoms with Gasteiger partial charge in [0.15, 0.2) is 0 Å². The second-order valence-corrected chi connectivity index (χ2v) is 5.63. The summed E-state index contributed by atoms with van der Waals surface area (Å²) in [4.78, 5) is 59.6. The first-order chi connectivity index (χ1) is 13.6. The summed E-state index contributed by atoms with van der Waals surface area (Å²) in [6.07, 6.45) is -0.672. The van der Waals surface area contributed by atoms with Crippen molar-refractivity contribution in [3.8, 4) is 0 Å². The van der Waals surface area contributed by atoms with Crippen LogP contribution >= 0.6 is 0 Å². The quantitative estimate of drug-likeness (QED) is 0.155. The van der Waals surface area contributed by atoms with Crippen LogP contribution in [0.3, 0.4) is 0 Å². The average molecular weight is 441 g/mol. The Labute approximate surface area is 170 Å². The van der Waals surface area contributed by atoms with Gasteiger partial charge in [-0.1, -0.05) is 0 Å². The number of hydrogen-bond acceptors (Lipinski definition) is 9. The molecular weight excluding hydrogens is 414 g/mol. The zero-order valence-corrected chi connectivity index (χ0v) is 15.8. The summed E-state index contributed by atoms with van der Waals surface area (Å²) in [5, 5.41) is 48.8. The minimum Gasteiger partial charge on any atom is -0.481 e. The molecule has 0 aromatic heterocycles. The van der Waals surface area contributed by atoms with Crippen molar-refractivity contribution in [3.63, 3.8) is 0 Å². The van der Waals surface area contributed by atoms with Crippen molar-refractivity contribution in [1.29, 1.82) is 0 Å². The van der Waals surface area contributed by atoms with E-state index in [0.717, 1.165) is 0 Å². The highest BCUT2D eigenvalue weighted by molar-refractivity contribution is 5.75. The van der Waals surface area contributed by atoms with Gasteiger partial charge in [0.25, 0.3) is 0 Å². The van der Waals surface area contributed by atoms with Crippen LogP contribution in [-0.4, -0.2) is 84.6 Å². The minimum absolute atomic E-state index is 0.0231. The average Bonchev–Trinajstić information content (AvgIpc) is 2.62. The summed E-state index contributed by atoms with van der Waals surface area (Å²) in [7, 11) is 0. The SMILES string of the molecule is N[C@@H](CCC(=O)O)C(=O)O.N[C@@H](CCC(=O)O)C(=O)O.N[C@@H](CCC(=O)O)C(=O)O. The zero-order valence-electron chi connectivity index (χ0n) is 15.8. The smallest absolute Gasteiger partial charge is 0.320 e. The van der Waals surface area contributed by atoms with E-state index in [1.807, 2.05) is 0 Å². The lowest BCUT2D eigenvalue weighted by molar-refractivity contribution is -0.141. The lowest BCUT2D eigenvalue weighted by Crippen LogP contribution is -2.30. The number of aliphatic carboxylic acids is 6. The van der Waals surface area contributed by atoms with Gasteiger partial charge in [0.1, 0.15) is 18.1 Å². The number of nitrogens with two attached hydrogens (primary N) is 3. The summed E-state index contributed by atoms with van der Waals surface area (Å²) in [6.45, 7) is 0. The molecular formula is C15H27N3O12. The first-order valence-electron chi connectivity index (χ1n) is 8.22. The molecule has 0 radical (unpaired) electrons. The molecule has 0 aliphatic heterocycles. The Morgan fingerprint density at radius 2 is 0.633 bits per heavy atom. The van der Waals surface area contributed by atoms with E-state index in [1.54, 1.807) is 0 Å². The Morgan fingerprint density at radius 1 is 0.467 bits per heavy atom. The van der Waals surface area contributed by atoms with E-state index in [4.69, 9.17) is 47.8 Å². The monoisotopic (exact) mass is 441 g/mol. The lowest BCUT2D eigenvalue weighted by Gasteiger charge is -2.01. The van der Waals surface area contributed by atoms with Crippen molar-refractivity contribution in [2.45, 2.75) is 56.7 Å². The maximum Gasteiger partial charge on any atom is 0.320 e. The predicted molar refractivity (Wildman–Crippen MR) is 97.4 cm³/mol. The van der Waals surface area contributed by atoms with Crippen LogP contribution < -0.4 is 17.2 Å². The Hall–Kier alpha value is -3.30. The van der Waals surface area contributed by atoms with Crippen LogP contribution in [0.1, 0.15) is 38.5 Å². The van der Waals surface area contributed by atoms with Crippen LogP contribution in [0.2, 0.25) is 0 Å². The second kappa shape index (κ2) is 17.8. The molecule has 30 heavy (non-hydrogen) atoms. The van der Waals surface area contributed by atoms with E-state index < -0.39 is 53.9 Å². The summed E-state index contributed by atoms with van der Waals surface area (Å²) >= 11 is 0. The molecule has 0 heterocycles. The molecule has 0 aliphatic rings. The molecule has 15 nitrogen and oxygen atoms in total. The van der Waals surface area contributed by atoms with Gasteiger partial charge in [-0.2, -0.15) is 0 Å². The molecule has 3 atom stereocenters. The molecule has 0 rings (SSSR count). The standard InChI is InChI=1S/3C5H9NO4/c3*6-3(5(9)10)1-2-4(7)8/h3*3H,1-2,6H2,(H,7,8)(H,9,10)/t3*3-/m000/s1. The van der Waals surface area contributed by atoms with Gasteiger partial charge in [0.2, 0.25) is 0 Å². The first-order valence-corrected chi connectivity index (χ1v) is 8.22. The second-order valence-electron chi connectivity index (χ2n) is 5.63. The number of carbonyl (C=O) groups is 6. The van der Waals surface area contributed by atoms with E-state index in [2.05, 4.69) is 0 Å². The number of rotatable bonds is 12. The van der Waals surface area contributed by atoms with Gasteiger partial charge in [0.05, 0.1) is 0 Å². The van der Waals surface area contributed by atoms with Crippen LogP contribution in [-0.2, 0) is 28.8 Å². The van der Waals surface area contributed by atoms with E-state index in [9.17, 15) is 28.8 Å². The van der Waals surface area contributed by atoms with Crippen molar-refractivity contribution >= 4 is 35.8 Å². The Balaban J connectivity index is -0.000000364. The molecule has 0 bridgehead atoms. The summed E-state index contributed by atoms with van der Waals surface area (Å²) < 4.78 is 0. The number of carboxylic acids is 6. The van der Waals surface area contributed by atoms with Crippen LogP contribution in [0, 0.1) is 0 Å². The van der Waals surface area contributed by atoms with Crippen LogP contribution in [0.25, 0.3) is 0 Å². The molecule has 0 saturated heterocycles. The molecule has 0 spiro atoms. The van der Waals surface area contributed by atoms with Gasteiger partial charge in [-0.05, 0) is 19.3 Å². The van der Waals surface area contributed by atoms with Crippen molar-refractivity contribution in [2.24, 2.45) is 17.2 Å².